The molecule has 1 aromatic heterocycles. The summed E-state index contributed by atoms with van der Waals surface area (Å²) in [6.07, 6.45) is -3.46. The number of aromatic amines is 1. The van der Waals surface area contributed by atoms with Crippen LogP contribution in [-0.2, 0) is 4.79 Å². The van der Waals surface area contributed by atoms with Crippen molar-refractivity contribution >= 4 is 17.0 Å². The molecule has 0 aliphatic rings. The van der Waals surface area contributed by atoms with E-state index in [1.807, 2.05) is 19.1 Å². The average Bonchev–Trinajstić information content (AvgIpc) is 2.69. The molecule has 4 N–H and O–H groups in total. The lowest BCUT2D eigenvalue weighted by Crippen LogP contribution is -2.28. The molecule has 2 rings (SSSR count). The molecule has 0 saturated heterocycles. The summed E-state index contributed by atoms with van der Waals surface area (Å²) in [7, 11) is 0. The summed E-state index contributed by atoms with van der Waals surface area (Å²) in [5.41, 5.74) is 2.32. The Kier molecular flexibility index (Phi) is 2.83. The molecule has 0 aliphatic carbocycles. The van der Waals surface area contributed by atoms with Gasteiger partial charge in [-0.25, -0.2) is 9.78 Å². The van der Waals surface area contributed by atoms with E-state index in [2.05, 4.69) is 9.97 Å². The molecule has 1 aromatic carbocycles. The van der Waals surface area contributed by atoms with Crippen LogP contribution in [0, 0.1) is 6.92 Å². The molecule has 2 atom stereocenters. The van der Waals surface area contributed by atoms with Crippen LogP contribution in [-0.4, -0.2) is 37.4 Å². The summed E-state index contributed by atoms with van der Waals surface area (Å²) in [6.45, 7) is 1.91. The number of aryl methyl sites for hydroxylation is 1. The summed E-state index contributed by atoms with van der Waals surface area (Å²) in [5, 5.41) is 27.4. The Balaban J connectivity index is 2.39. The fraction of sp³-hybridized carbons (Fsp3) is 0.273. The smallest absolute Gasteiger partial charge is 0.335 e. The van der Waals surface area contributed by atoms with Crippen molar-refractivity contribution in [1.29, 1.82) is 0 Å². The Labute approximate surface area is 96.5 Å². The van der Waals surface area contributed by atoms with Gasteiger partial charge >= 0.3 is 5.97 Å². The maximum atomic E-state index is 10.5. The SMILES string of the molecule is Cc1ccc2nc(C(O)C(O)C(=O)O)[nH]c2c1. The highest BCUT2D eigenvalue weighted by Gasteiger charge is 2.27. The molecule has 2 aromatic rings. The Hall–Kier alpha value is -1.92. The number of fused-ring (bicyclic) bond motifs is 1. The minimum atomic E-state index is -1.89. The third-order valence-corrected chi connectivity index (χ3v) is 2.49. The number of nitrogens with zero attached hydrogens (tertiary/aromatic N) is 1. The van der Waals surface area contributed by atoms with Crippen LogP contribution in [0.2, 0.25) is 0 Å². The first-order valence-electron chi connectivity index (χ1n) is 5.04. The lowest BCUT2D eigenvalue weighted by atomic mass is 10.2. The minimum Gasteiger partial charge on any atom is -0.479 e. The molecule has 6 nitrogen and oxygen atoms in total. The lowest BCUT2D eigenvalue weighted by molar-refractivity contribution is -0.153. The zero-order chi connectivity index (χ0) is 12.6. The van der Waals surface area contributed by atoms with Crippen LogP contribution in [0.25, 0.3) is 11.0 Å². The van der Waals surface area contributed by atoms with Crippen molar-refractivity contribution in [2.24, 2.45) is 0 Å². The highest BCUT2D eigenvalue weighted by atomic mass is 16.4. The van der Waals surface area contributed by atoms with E-state index in [0.717, 1.165) is 5.56 Å². The van der Waals surface area contributed by atoms with Crippen molar-refractivity contribution in [1.82, 2.24) is 9.97 Å². The van der Waals surface area contributed by atoms with Gasteiger partial charge in [0.15, 0.2) is 6.10 Å². The average molecular weight is 236 g/mol. The summed E-state index contributed by atoms with van der Waals surface area (Å²) in [5.74, 6) is -1.45. The van der Waals surface area contributed by atoms with Gasteiger partial charge in [-0.2, -0.15) is 0 Å². The van der Waals surface area contributed by atoms with Gasteiger partial charge < -0.3 is 20.3 Å². The number of aromatic nitrogens is 2. The fourth-order valence-electron chi connectivity index (χ4n) is 1.57. The van der Waals surface area contributed by atoms with Gasteiger partial charge in [-0.15, -0.1) is 0 Å². The van der Waals surface area contributed by atoms with Crippen molar-refractivity contribution in [2.75, 3.05) is 0 Å². The minimum absolute atomic E-state index is 0.0421. The van der Waals surface area contributed by atoms with Crippen molar-refractivity contribution in [3.8, 4) is 0 Å². The van der Waals surface area contributed by atoms with Crippen molar-refractivity contribution in [3.05, 3.63) is 29.6 Å². The fourth-order valence-corrected chi connectivity index (χ4v) is 1.57. The zero-order valence-corrected chi connectivity index (χ0v) is 9.08. The Morgan fingerprint density at radius 2 is 2.12 bits per heavy atom. The molecule has 0 saturated carbocycles. The lowest BCUT2D eigenvalue weighted by Gasteiger charge is -2.10. The zero-order valence-electron chi connectivity index (χ0n) is 9.08. The number of nitrogens with one attached hydrogen (secondary N) is 1. The topological polar surface area (TPSA) is 106 Å². The van der Waals surface area contributed by atoms with Gasteiger partial charge in [-0.05, 0) is 24.6 Å². The molecule has 6 heteroatoms. The summed E-state index contributed by atoms with van der Waals surface area (Å²) < 4.78 is 0. The number of aliphatic hydroxyl groups excluding tert-OH is 2. The van der Waals surface area contributed by atoms with Gasteiger partial charge in [0.05, 0.1) is 11.0 Å². The molecule has 0 spiro atoms. The summed E-state index contributed by atoms with van der Waals surface area (Å²) in [4.78, 5) is 17.3. The van der Waals surface area contributed by atoms with E-state index in [9.17, 15) is 15.0 Å². The van der Waals surface area contributed by atoms with Gasteiger partial charge in [0.1, 0.15) is 11.9 Å². The second-order valence-electron chi connectivity index (χ2n) is 3.87. The standard InChI is InChI=1S/C11H12N2O4/c1-5-2-3-6-7(4-5)13-10(12-6)8(14)9(15)11(16)17/h2-4,8-9,14-15H,1H3,(H,12,13)(H,16,17). The molecule has 0 amide bonds. The number of aliphatic hydroxyl groups is 2. The van der Waals surface area contributed by atoms with Crippen molar-refractivity contribution < 1.29 is 20.1 Å². The number of H-pyrrole nitrogens is 1. The quantitative estimate of drug-likeness (QED) is 0.615. The molecular weight excluding hydrogens is 224 g/mol. The number of carboxylic acids is 1. The number of carbonyl (C=O) groups is 1. The first-order valence-corrected chi connectivity index (χ1v) is 5.04. The van der Waals surface area contributed by atoms with Gasteiger partial charge in [0, 0.05) is 0 Å². The molecule has 2 unspecified atom stereocenters. The molecule has 0 aliphatic heterocycles. The van der Waals surface area contributed by atoms with E-state index < -0.39 is 18.2 Å². The maximum Gasteiger partial charge on any atom is 0.335 e. The van der Waals surface area contributed by atoms with Crippen LogP contribution in [0.1, 0.15) is 17.5 Å². The van der Waals surface area contributed by atoms with Gasteiger partial charge in [-0.3, -0.25) is 0 Å². The molecule has 0 bridgehead atoms. The van der Waals surface area contributed by atoms with Gasteiger partial charge in [0.25, 0.3) is 0 Å². The highest BCUT2D eigenvalue weighted by molar-refractivity contribution is 5.77. The molecule has 90 valence electrons. The predicted molar refractivity (Wildman–Crippen MR) is 59.4 cm³/mol. The number of hydrogen-bond donors (Lipinski definition) is 4. The summed E-state index contributed by atoms with van der Waals surface area (Å²) >= 11 is 0. The number of benzene rings is 1. The van der Waals surface area contributed by atoms with Crippen LogP contribution in [0.3, 0.4) is 0 Å². The van der Waals surface area contributed by atoms with Crippen LogP contribution in [0.4, 0.5) is 0 Å². The molecule has 1 heterocycles. The van der Waals surface area contributed by atoms with Crippen molar-refractivity contribution in [3.63, 3.8) is 0 Å². The number of imidazole rings is 1. The van der Waals surface area contributed by atoms with Crippen LogP contribution < -0.4 is 0 Å². The second-order valence-corrected chi connectivity index (χ2v) is 3.87. The van der Waals surface area contributed by atoms with Crippen LogP contribution >= 0.6 is 0 Å². The van der Waals surface area contributed by atoms with Crippen molar-refractivity contribution in [2.45, 2.75) is 19.1 Å². The first-order chi connectivity index (χ1) is 7.99. The highest BCUT2D eigenvalue weighted by Crippen LogP contribution is 2.19. The van der Waals surface area contributed by atoms with Gasteiger partial charge in [-0.1, -0.05) is 6.07 Å². The Morgan fingerprint density at radius 1 is 1.41 bits per heavy atom. The van der Waals surface area contributed by atoms with E-state index in [1.54, 1.807) is 6.07 Å². The molecule has 0 radical (unpaired) electrons. The molecule has 0 fully saturated rings. The Morgan fingerprint density at radius 3 is 2.76 bits per heavy atom. The monoisotopic (exact) mass is 236 g/mol. The van der Waals surface area contributed by atoms with E-state index in [1.165, 1.54) is 0 Å². The number of rotatable bonds is 3. The molecular formula is C11H12N2O4. The number of aliphatic carboxylic acids is 1. The first kappa shape index (κ1) is 11.6. The van der Waals surface area contributed by atoms with Crippen LogP contribution in [0.5, 0.6) is 0 Å². The Bertz CT molecular complexity index is 564. The third-order valence-electron chi connectivity index (χ3n) is 2.49. The normalized spacial score (nSPS) is 14.8. The molecule has 17 heavy (non-hydrogen) atoms. The number of carboxylic acid groups (broad SMARTS) is 1. The predicted octanol–water partition coefficient (Wildman–Crippen LogP) is 0.350. The second kappa shape index (κ2) is 4.15. The van der Waals surface area contributed by atoms with E-state index in [0.29, 0.717) is 11.0 Å². The van der Waals surface area contributed by atoms with E-state index >= 15 is 0 Å². The van der Waals surface area contributed by atoms with E-state index in [4.69, 9.17) is 5.11 Å². The van der Waals surface area contributed by atoms with E-state index in [-0.39, 0.29) is 5.82 Å². The van der Waals surface area contributed by atoms with Gasteiger partial charge in [0.2, 0.25) is 0 Å². The summed E-state index contributed by atoms with van der Waals surface area (Å²) in [6, 6.07) is 5.43. The third kappa shape index (κ3) is 2.13. The maximum absolute atomic E-state index is 10.5. The largest absolute Gasteiger partial charge is 0.479 e. The number of hydrogen-bond acceptors (Lipinski definition) is 4. The van der Waals surface area contributed by atoms with Crippen LogP contribution in [0.15, 0.2) is 18.2 Å².